The van der Waals surface area contributed by atoms with E-state index in [1.165, 1.54) is 0 Å². The molecule has 0 spiro atoms. The van der Waals surface area contributed by atoms with Gasteiger partial charge < -0.3 is 5.73 Å². The number of aromatic nitrogens is 4. The van der Waals surface area contributed by atoms with E-state index >= 15 is 0 Å². The predicted molar refractivity (Wildman–Crippen MR) is 81.2 cm³/mol. The van der Waals surface area contributed by atoms with Gasteiger partial charge in [-0.1, -0.05) is 13.8 Å². The molecule has 3 rings (SSSR count). The zero-order valence-electron chi connectivity index (χ0n) is 12.0. The van der Waals surface area contributed by atoms with E-state index in [2.05, 4.69) is 30.1 Å². The highest BCUT2D eigenvalue weighted by atomic mass is 15.3. The number of hydrogen-bond donors (Lipinski definition) is 1. The Kier molecular flexibility index (Phi) is 2.97. The first kappa shape index (κ1) is 12.7. The summed E-state index contributed by atoms with van der Waals surface area (Å²) in [4.78, 5) is 0. The van der Waals surface area contributed by atoms with Gasteiger partial charge in [0.15, 0.2) is 0 Å². The van der Waals surface area contributed by atoms with Crippen molar-refractivity contribution in [2.75, 3.05) is 5.73 Å². The summed E-state index contributed by atoms with van der Waals surface area (Å²) in [6, 6.07) is 4.05. The van der Waals surface area contributed by atoms with Gasteiger partial charge in [-0.15, -0.1) is 0 Å². The molecule has 104 valence electrons. The maximum Gasteiger partial charge on any atom is 0.0686 e. The van der Waals surface area contributed by atoms with Crippen molar-refractivity contribution in [2.45, 2.75) is 20.4 Å². The van der Waals surface area contributed by atoms with E-state index in [-0.39, 0.29) is 0 Å². The van der Waals surface area contributed by atoms with E-state index in [9.17, 15) is 0 Å². The Morgan fingerprint density at radius 2 is 2.00 bits per heavy atom. The average molecular weight is 269 g/mol. The SMILES string of the molecule is CC(C)Cn1cc(-c2cc3c(cnn3C)cc2N)cn1. The van der Waals surface area contributed by atoms with Gasteiger partial charge in [0.2, 0.25) is 0 Å². The van der Waals surface area contributed by atoms with Crippen LogP contribution in [0.1, 0.15) is 13.8 Å². The molecule has 5 heteroatoms. The minimum atomic E-state index is 0.569. The quantitative estimate of drug-likeness (QED) is 0.744. The molecule has 2 heterocycles. The van der Waals surface area contributed by atoms with Gasteiger partial charge in [-0.25, -0.2) is 0 Å². The molecule has 0 saturated heterocycles. The van der Waals surface area contributed by atoms with Crippen molar-refractivity contribution < 1.29 is 0 Å². The Balaban J connectivity index is 2.06. The first-order chi connectivity index (χ1) is 9.54. The Morgan fingerprint density at radius 3 is 2.75 bits per heavy atom. The fraction of sp³-hybridized carbons (Fsp3) is 0.333. The third-order valence-electron chi connectivity index (χ3n) is 3.41. The summed E-state index contributed by atoms with van der Waals surface area (Å²) < 4.78 is 3.82. The Labute approximate surface area is 118 Å². The zero-order chi connectivity index (χ0) is 14.3. The number of rotatable bonds is 3. The number of anilines is 1. The highest BCUT2D eigenvalue weighted by molar-refractivity contribution is 5.91. The third-order valence-corrected chi connectivity index (χ3v) is 3.41. The molecule has 0 radical (unpaired) electrons. The Hall–Kier alpha value is -2.30. The summed E-state index contributed by atoms with van der Waals surface area (Å²) >= 11 is 0. The van der Waals surface area contributed by atoms with Gasteiger partial charge in [0.1, 0.15) is 0 Å². The van der Waals surface area contributed by atoms with E-state index in [1.54, 1.807) is 0 Å². The van der Waals surface area contributed by atoms with Crippen LogP contribution in [-0.2, 0) is 13.6 Å². The number of benzene rings is 1. The highest BCUT2D eigenvalue weighted by Crippen LogP contribution is 2.30. The van der Waals surface area contributed by atoms with Gasteiger partial charge >= 0.3 is 0 Å². The van der Waals surface area contributed by atoms with Gasteiger partial charge in [0.25, 0.3) is 0 Å². The molecule has 0 amide bonds. The van der Waals surface area contributed by atoms with E-state index in [0.29, 0.717) is 5.92 Å². The van der Waals surface area contributed by atoms with Crippen molar-refractivity contribution >= 4 is 16.6 Å². The molecule has 2 N–H and O–H groups in total. The van der Waals surface area contributed by atoms with Gasteiger partial charge in [0.05, 0.1) is 17.9 Å². The summed E-state index contributed by atoms with van der Waals surface area (Å²) in [7, 11) is 1.94. The standard InChI is InChI=1S/C15H19N5/c1-10(2)8-20-9-12(7-18-20)13-5-15-11(4-14(13)16)6-17-19(15)3/h4-7,9-10H,8,16H2,1-3H3. The summed E-state index contributed by atoms with van der Waals surface area (Å²) in [5, 5.41) is 9.72. The largest absolute Gasteiger partial charge is 0.398 e. The molecule has 0 bridgehead atoms. The van der Waals surface area contributed by atoms with Gasteiger partial charge in [-0.05, 0) is 18.1 Å². The molecular formula is C15H19N5. The summed E-state index contributed by atoms with van der Waals surface area (Å²) in [5.74, 6) is 0.569. The lowest BCUT2D eigenvalue weighted by Crippen LogP contribution is -2.04. The maximum atomic E-state index is 6.16. The van der Waals surface area contributed by atoms with Crippen LogP contribution in [-0.4, -0.2) is 19.6 Å². The molecule has 0 fully saturated rings. The van der Waals surface area contributed by atoms with Crippen LogP contribution in [0.25, 0.3) is 22.0 Å². The third kappa shape index (κ3) is 2.15. The predicted octanol–water partition coefficient (Wildman–Crippen LogP) is 2.67. The molecule has 20 heavy (non-hydrogen) atoms. The van der Waals surface area contributed by atoms with Crippen LogP contribution in [0.5, 0.6) is 0 Å². The normalized spacial score (nSPS) is 11.6. The van der Waals surface area contributed by atoms with Crippen molar-refractivity contribution in [3.8, 4) is 11.1 Å². The van der Waals surface area contributed by atoms with Crippen molar-refractivity contribution in [3.05, 3.63) is 30.7 Å². The van der Waals surface area contributed by atoms with Gasteiger partial charge in [-0.2, -0.15) is 10.2 Å². The van der Waals surface area contributed by atoms with E-state index < -0.39 is 0 Å². The summed E-state index contributed by atoms with van der Waals surface area (Å²) in [6.45, 7) is 5.27. The van der Waals surface area contributed by atoms with Crippen LogP contribution in [0.3, 0.4) is 0 Å². The molecule has 0 aliphatic rings. The minimum Gasteiger partial charge on any atom is -0.398 e. The highest BCUT2D eigenvalue weighted by Gasteiger charge is 2.10. The first-order valence-electron chi connectivity index (χ1n) is 6.78. The van der Waals surface area contributed by atoms with Crippen molar-refractivity contribution in [1.29, 1.82) is 0 Å². The van der Waals surface area contributed by atoms with Gasteiger partial charge in [0, 0.05) is 42.0 Å². The molecule has 0 aliphatic carbocycles. The molecule has 2 aromatic heterocycles. The van der Waals surface area contributed by atoms with Crippen LogP contribution in [0.15, 0.2) is 30.7 Å². The fourth-order valence-corrected chi connectivity index (χ4v) is 2.44. The summed E-state index contributed by atoms with van der Waals surface area (Å²) in [5.41, 5.74) is 10.1. The van der Waals surface area contributed by atoms with Crippen LogP contribution < -0.4 is 5.73 Å². The van der Waals surface area contributed by atoms with Crippen LogP contribution in [0.2, 0.25) is 0 Å². The average Bonchev–Trinajstić information content (AvgIpc) is 2.96. The molecule has 3 aromatic rings. The van der Waals surface area contributed by atoms with E-state index in [4.69, 9.17) is 5.73 Å². The van der Waals surface area contributed by atoms with Crippen molar-refractivity contribution in [1.82, 2.24) is 19.6 Å². The second kappa shape index (κ2) is 4.67. The molecular weight excluding hydrogens is 250 g/mol. The molecule has 0 atom stereocenters. The number of nitrogens with two attached hydrogens (primary N) is 1. The molecule has 0 unspecified atom stereocenters. The maximum absolute atomic E-state index is 6.16. The summed E-state index contributed by atoms with van der Waals surface area (Å²) in [6.07, 6.45) is 5.75. The second-order valence-corrected chi connectivity index (χ2v) is 5.61. The topological polar surface area (TPSA) is 61.7 Å². The number of aryl methyl sites for hydroxylation is 1. The lowest BCUT2D eigenvalue weighted by atomic mass is 10.1. The Bertz CT molecular complexity index is 751. The van der Waals surface area contributed by atoms with Crippen LogP contribution in [0, 0.1) is 5.92 Å². The van der Waals surface area contributed by atoms with E-state index in [0.717, 1.165) is 34.3 Å². The first-order valence-corrected chi connectivity index (χ1v) is 6.78. The lowest BCUT2D eigenvalue weighted by molar-refractivity contribution is 0.483. The number of hydrogen-bond acceptors (Lipinski definition) is 3. The number of nitrogen functional groups attached to an aromatic ring is 1. The molecule has 5 nitrogen and oxygen atoms in total. The smallest absolute Gasteiger partial charge is 0.0686 e. The number of nitrogens with zero attached hydrogens (tertiary/aromatic N) is 4. The van der Waals surface area contributed by atoms with Crippen molar-refractivity contribution in [3.63, 3.8) is 0 Å². The molecule has 1 aromatic carbocycles. The Morgan fingerprint density at radius 1 is 1.20 bits per heavy atom. The number of fused-ring (bicyclic) bond motifs is 1. The second-order valence-electron chi connectivity index (χ2n) is 5.61. The van der Waals surface area contributed by atoms with Gasteiger partial charge in [-0.3, -0.25) is 9.36 Å². The zero-order valence-corrected chi connectivity index (χ0v) is 12.0. The minimum absolute atomic E-state index is 0.569. The fourth-order valence-electron chi connectivity index (χ4n) is 2.44. The molecule has 0 aliphatic heterocycles. The van der Waals surface area contributed by atoms with Crippen LogP contribution in [0.4, 0.5) is 5.69 Å². The van der Waals surface area contributed by atoms with Crippen molar-refractivity contribution in [2.24, 2.45) is 13.0 Å². The molecule has 0 saturated carbocycles. The lowest BCUT2D eigenvalue weighted by Gasteiger charge is -2.05. The van der Waals surface area contributed by atoms with Crippen LogP contribution >= 0.6 is 0 Å². The van der Waals surface area contributed by atoms with E-state index in [1.807, 2.05) is 41.1 Å². The monoisotopic (exact) mass is 269 g/mol.